The predicted octanol–water partition coefficient (Wildman–Crippen LogP) is 3.14. The van der Waals surface area contributed by atoms with Crippen molar-refractivity contribution in [1.29, 1.82) is 0 Å². The molecular weight excluding hydrogens is 440 g/mol. The van der Waals surface area contributed by atoms with Crippen LogP contribution in [0.25, 0.3) is 22.4 Å². The molecule has 4 rings (SSSR count). The number of hydrogen-bond acceptors (Lipinski definition) is 6. The van der Waals surface area contributed by atoms with Crippen molar-refractivity contribution < 1.29 is 8.42 Å². The van der Waals surface area contributed by atoms with Crippen LogP contribution in [0.5, 0.6) is 0 Å². The Hall–Kier alpha value is -3.66. The van der Waals surface area contributed by atoms with Crippen LogP contribution in [0.4, 0.5) is 11.4 Å². The maximum Gasteiger partial charge on any atom is 0.277 e. The summed E-state index contributed by atoms with van der Waals surface area (Å²) in [4.78, 5) is 22.1. The average molecular weight is 467 g/mol. The van der Waals surface area contributed by atoms with Crippen LogP contribution in [0.15, 0.2) is 58.2 Å². The zero-order valence-corrected chi connectivity index (χ0v) is 19.8. The minimum absolute atomic E-state index is 0.0689. The van der Waals surface area contributed by atoms with E-state index in [9.17, 15) is 13.2 Å². The van der Waals surface area contributed by atoms with Crippen molar-refractivity contribution in [2.24, 2.45) is 7.05 Å². The Morgan fingerprint density at radius 3 is 2.52 bits per heavy atom. The van der Waals surface area contributed by atoms with Gasteiger partial charge >= 0.3 is 0 Å². The maximum absolute atomic E-state index is 13.0. The van der Waals surface area contributed by atoms with Crippen molar-refractivity contribution in [1.82, 2.24) is 19.7 Å². The Morgan fingerprint density at radius 2 is 1.85 bits per heavy atom. The van der Waals surface area contributed by atoms with E-state index in [4.69, 9.17) is 0 Å². The fourth-order valence-corrected chi connectivity index (χ4v) is 4.75. The lowest BCUT2D eigenvalue weighted by Gasteiger charge is -2.14. The van der Waals surface area contributed by atoms with Crippen LogP contribution < -0.4 is 15.2 Å². The lowest BCUT2D eigenvalue weighted by molar-refractivity contribution is 0.601. The number of benzene rings is 2. The summed E-state index contributed by atoms with van der Waals surface area (Å²) in [6.07, 6.45) is 1.56. The van der Waals surface area contributed by atoms with Gasteiger partial charge in [-0.05, 0) is 42.8 Å². The smallest absolute Gasteiger partial charge is 0.277 e. The number of nitrogens with zero attached hydrogens (tertiary/aromatic N) is 4. The van der Waals surface area contributed by atoms with Crippen LogP contribution in [0.2, 0.25) is 0 Å². The van der Waals surface area contributed by atoms with Crippen molar-refractivity contribution in [3.8, 4) is 11.4 Å². The molecular formula is C23H26N6O3S. The minimum Gasteiger partial charge on any atom is -0.378 e. The molecule has 0 unspecified atom stereocenters. The summed E-state index contributed by atoms with van der Waals surface area (Å²) >= 11 is 0. The first-order valence-electron chi connectivity index (χ1n) is 10.6. The highest BCUT2D eigenvalue weighted by Gasteiger charge is 2.18. The Bertz CT molecular complexity index is 1470. The van der Waals surface area contributed by atoms with E-state index in [0.29, 0.717) is 34.5 Å². The fraction of sp³-hybridized carbons (Fsp3) is 0.261. The van der Waals surface area contributed by atoms with E-state index in [1.54, 1.807) is 31.3 Å². The van der Waals surface area contributed by atoms with Gasteiger partial charge in [0.05, 0.1) is 10.6 Å². The lowest BCUT2D eigenvalue weighted by atomic mass is 10.2. The molecule has 0 bridgehead atoms. The molecule has 2 N–H and O–H groups in total. The second kappa shape index (κ2) is 8.70. The number of hydrogen-bond donors (Lipinski definition) is 2. The number of rotatable bonds is 7. The van der Waals surface area contributed by atoms with Crippen LogP contribution in [0.3, 0.4) is 0 Å². The van der Waals surface area contributed by atoms with Crippen LogP contribution in [0.1, 0.15) is 19.0 Å². The summed E-state index contributed by atoms with van der Waals surface area (Å²) in [5.74, 6) is 0.297. The van der Waals surface area contributed by atoms with E-state index in [1.807, 2.05) is 38.1 Å². The summed E-state index contributed by atoms with van der Waals surface area (Å²) in [7, 11) is 1.70. The Kier molecular flexibility index (Phi) is 5.94. The Morgan fingerprint density at radius 1 is 1.12 bits per heavy atom. The van der Waals surface area contributed by atoms with Gasteiger partial charge in [-0.3, -0.25) is 14.2 Å². The van der Waals surface area contributed by atoms with Crippen molar-refractivity contribution in [3.05, 3.63) is 64.6 Å². The van der Waals surface area contributed by atoms with Gasteiger partial charge in [0.25, 0.3) is 15.6 Å². The predicted molar refractivity (Wildman–Crippen MR) is 130 cm³/mol. The molecule has 0 radical (unpaired) electrons. The molecule has 0 aliphatic heterocycles. The van der Waals surface area contributed by atoms with E-state index in [1.165, 1.54) is 16.8 Å². The third-order valence-corrected chi connectivity index (χ3v) is 6.68. The van der Waals surface area contributed by atoms with Gasteiger partial charge in [-0.1, -0.05) is 25.5 Å². The fourth-order valence-electron chi connectivity index (χ4n) is 3.64. The standard InChI is InChI=1S/C23H26N6O3S/c1-5-7-19-20-21(29(4)26-19)23(30)25-22(24-20)15-8-6-9-18(14-15)33(31,32)27-16-10-12-17(13-11-16)28(2)3/h6,8-14,27H,5,7H2,1-4H3,(H,24,25,30). The molecule has 33 heavy (non-hydrogen) atoms. The average Bonchev–Trinajstić information content (AvgIpc) is 3.10. The third-order valence-electron chi connectivity index (χ3n) is 5.30. The van der Waals surface area contributed by atoms with Gasteiger partial charge in [0.15, 0.2) is 5.52 Å². The molecule has 2 aromatic heterocycles. The van der Waals surface area contributed by atoms with Crippen LogP contribution in [-0.4, -0.2) is 42.3 Å². The van der Waals surface area contributed by atoms with E-state index in [2.05, 4.69) is 19.8 Å². The first kappa shape index (κ1) is 22.5. The number of fused-ring (bicyclic) bond motifs is 1. The van der Waals surface area contributed by atoms with Crippen molar-refractivity contribution >= 4 is 32.4 Å². The largest absolute Gasteiger partial charge is 0.378 e. The van der Waals surface area contributed by atoms with Crippen molar-refractivity contribution in [2.45, 2.75) is 24.7 Å². The second-order valence-corrected chi connectivity index (χ2v) is 9.69. The monoisotopic (exact) mass is 466 g/mol. The molecule has 2 aromatic carbocycles. The molecule has 0 amide bonds. The molecule has 0 fully saturated rings. The number of nitrogens with one attached hydrogen (secondary N) is 2. The SMILES string of the molecule is CCCc1nn(C)c2c(=O)[nH]c(-c3cccc(S(=O)(=O)Nc4ccc(N(C)C)cc4)c3)nc12. The number of aromatic nitrogens is 4. The molecule has 0 saturated heterocycles. The summed E-state index contributed by atoms with van der Waals surface area (Å²) in [6, 6.07) is 13.4. The first-order valence-corrected chi connectivity index (χ1v) is 12.0. The molecule has 172 valence electrons. The highest BCUT2D eigenvalue weighted by atomic mass is 32.2. The lowest BCUT2D eigenvalue weighted by Crippen LogP contribution is -2.14. The highest BCUT2D eigenvalue weighted by molar-refractivity contribution is 7.92. The van der Waals surface area contributed by atoms with Gasteiger partial charge in [0.2, 0.25) is 0 Å². The third kappa shape index (κ3) is 4.47. The topological polar surface area (TPSA) is 113 Å². The number of H-pyrrole nitrogens is 1. The highest BCUT2D eigenvalue weighted by Crippen LogP contribution is 2.24. The van der Waals surface area contributed by atoms with E-state index < -0.39 is 10.0 Å². The van der Waals surface area contributed by atoms with Gasteiger partial charge in [0.1, 0.15) is 11.3 Å². The summed E-state index contributed by atoms with van der Waals surface area (Å²) in [5, 5.41) is 4.42. The normalized spacial score (nSPS) is 11.6. The first-order chi connectivity index (χ1) is 15.7. The van der Waals surface area contributed by atoms with Crippen LogP contribution in [-0.2, 0) is 23.5 Å². The number of sulfonamides is 1. The molecule has 2 heterocycles. The van der Waals surface area contributed by atoms with E-state index >= 15 is 0 Å². The molecule has 0 atom stereocenters. The zero-order chi connectivity index (χ0) is 23.8. The van der Waals surface area contributed by atoms with Gasteiger partial charge in [0, 0.05) is 38.1 Å². The van der Waals surface area contributed by atoms with Crippen molar-refractivity contribution in [2.75, 3.05) is 23.7 Å². The molecule has 10 heteroatoms. The van der Waals surface area contributed by atoms with Crippen LogP contribution in [0, 0.1) is 0 Å². The van der Waals surface area contributed by atoms with Gasteiger partial charge < -0.3 is 9.88 Å². The maximum atomic E-state index is 13.0. The minimum atomic E-state index is -3.84. The molecule has 0 saturated carbocycles. The quantitative estimate of drug-likeness (QED) is 0.433. The van der Waals surface area contributed by atoms with Gasteiger partial charge in [-0.25, -0.2) is 13.4 Å². The number of anilines is 2. The molecule has 0 aliphatic carbocycles. The Balaban J connectivity index is 1.71. The van der Waals surface area contributed by atoms with Crippen LogP contribution >= 0.6 is 0 Å². The van der Waals surface area contributed by atoms with Gasteiger partial charge in [-0.15, -0.1) is 0 Å². The molecule has 9 nitrogen and oxygen atoms in total. The number of aromatic amines is 1. The molecule has 0 spiro atoms. The number of aryl methyl sites for hydroxylation is 2. The zero-order valence-electron chi connectivity index (χ0n) is 19.0. The summed E-state index contributed by atoms with van der Waals surface area (Å²) in [5.41, 5.74) is 3.26. The van der Waals surface area contributed by atoms with E-state index in [0.717, 1.165) is 17.8 Å². The van der Waals surface area contributed by atoms with Crippen molar-refractivity contribution in [3.63, 3.8) is 0 Å². The van der Waals surface area contributed by atoms with E-state index in [-0.39, 0.29) is 10.5 Å². The Labute approximate surface area is 192 Å². The molecule has 0 aliphatic rings. The van der Waals surface area contributed by atoms with Gasteiger partial charge in [-0.2, -0.15) is 5.10 Å². The molecule has 4 aromatic rings. The summed E-state index contributed by atoms with van der Waals surface area (Å²) < 4.78 is 30.1. The second-order valence-electron chi connectivity index (χ2n) is 8.01. The summed E-state index contributed by atoms with van der Waals surface area (Å²) in [6.45, 7) is 2.03.